The molecule has 0 spiro atoms. The lowest BCUT2D eigenvalue weighted by atomic mass is 9.95. The molecule has 2 atom stereocenters. The van der Waals surface area contributed by atoms with Gasteiger partial charge in [-0.15, -0.1) is 0 Å². The van der Waals surface area contributed by atoms with Gasteiger partial charge in [0, 0.05) is 5.54 Å². The molecule has 0 amide bonds. The van der Waals surface area contributed by atoms with Gasteiger partial charge in [0.2, 0.25) is 0 Å². The molecule has 2 unspecified atom stereocenters. The molecule has 0 heterocycles. The molecule has 1 fully saturated rings. The maximum Gasteiger partial charge on any atom is 0.0595 e. The molecule has 0 aromatic heterocycles. The van der Waals surface area contributed by atoms with E-state index < -0.39 is 0 Å². The first kappa shape index (κ1) is 14.2. The molecule has 18 heavy (non-hydrogen) atoms. The zero-order valence-corrected chi connectivity index (χ0v) is 13.0. The molecule has 1 aromatic rings. The summed E-state index contributed by atoms with van der Waals surface area (Å²) in [5, 5.41) is 4.87. The molecule has 2 rings (SSSR count). The van der Waals surface area contributed by atoms with Crippen molar-refractivity contribution >= 4 is 23.2 Å². The summed E-state index contributed by atoms with van der Waals surface area (Å²) >= 11 is 12.1. The number of nitrogens with one attached hydrogen (secondary N) is 1. The van der Waals surface area contributed by atoms with Crippen LogP contribution in [-0.4, -0.2) is 12.1 Å². The SMILES string of the molecule is CC(C)(C)NCC1CC1(C)c1ccc(Cl)c(Cl)c1. The van der Waals surface area contributed by atoms with Gasteiger partial charge in [-0.1, -0.05) is 36.2 Å². The molecular formula is C15H21Cl2N. The van der Waals surface area contributed by atoms with E-state index >= 15 is 0 Å². The van der Waals surface area contributed by atoms with Gasteiger partial charge in [0.05, 0.1) is 10.0 Å². The van der Waals surface area contributed by atoms with Gasteiger partial charge in [-0.2, -0.15) is 0 Å². The van der Waals surface area contributed by atoms with Gasteiger partial charge in [-0.3, -0.25) is 0 Å². The Hall–Kier alpha value is -0.240. The molecule has 1 aliphatic carbocycles. The Balaban J connectivity index is 2.04. The Bertz CT molecular complexity index is 450. The Morgan fingerprint density at radius 1 is 1.28 bits per heavy atom. The lowest BCUT2D eigenvalue weighted by Gasteiger charge is -2.22. The van der Waals surface area contributed by atoms with E-state index in [2.05, 4.69) is 39.1 Å². The molecule has 0 bridgehead atoms. The van der Waals surface area contributed by atoms with E-state index in [1.807, 2.05) is 12.1 Å². The molecule has 0 radical (unpaired) electrons. The summed E-state index contributed by atoms with van der Waals surface area (Å²) in [7, 11) is 0. The molecule has 1 N–H and O–H groups in total. The first-order chi connectivity index (χ1) is 8.22. The molecule has 1 aromatic carbocycles. The summed E-state index contributed by atoms with van der Waals surface area (Å²) in [6, 6.07) is 6.02. The van der Waals surface area contributed by atoms with Gasteiger partial charge in [0.25, 0.3) is 0 Å². The van der Waals surface area contributed by atoms with Crippen LogP contribution in [0.15, 0.2) is 18.2 Å². The highest BCUT2D eigenvalue weighted by atomic mass is 35.5. The minimum absolute atomic E-state index is 0.182. The maximum atomic E-state index is 6.10. The first-order valence-electron chi connectivity index (χ1n) is 6.43. The van der Waals surface area contributed by atoms with Crippen molar-refractivity contribution in [2.24, 2.45) is 5.92 Å². The highest BCUT2D eigenvalue weighted by Gasteiger charge is 2.50. The lowest BCUT2D eigenvalue weighted by Crippen LogP contribution is -2.37. The molecule has 1 aliphatic rings. The van der Waals surface area contributed by atoms with Crippen molar-refractivity contribution in [2.75, 3.05) is 6.54 Å². The summed E-state index contributed by atoms with van der Waals surface area (Å²) in [5.74, 6) is 0.689. The topological polar surface area (TPSA) is 12.0 Å². The monoisotopic (exact) mass is 285 g/mol. The highest BCUT2D eigenvalue weighted by Crippen LogP contribution is 2.54. The minimum Gasteiger partial charge on any atom is -0.312 e. The fraction of sp³-hybridized carbons (Fsp3) is 0.600. The summed E-state index contributed by atoms with van der Waals surface area (Å²) in [4.78, 5) is 0. The fourth-order valence-electron chi connectivity index (χ4n) is 2.38. The van der Waals surface area contributed by atoms with Gasteiger partial charge in [0.15, 0.2) is 0 Å². The number of hydrogen-bond donors (Lipinski definition) is 1. The molecule has 1 nitrogen and oxygen atoms in total. The standard InChI is InChI=1S/C15H21Cl2N/c1-14(2,3)18-9-11-8-15(11,4)10-5-6-12(16)13(17)7-10/h5-7,11,18H,8-9H2,1-4H3. The fourth-order valence-corrected chi connectivity index (χ4v) is 2.68. The minimum atomic E-state index is 0.182. The third kappa shape index (κ3) is 3.01. The Morgan fingerprint density at radius 2 is 1.94 bits per heavy atom. The molecule has 1 saturated carbocycles. The van der Waals surface area contributed by atoms with Crippen LogP contribution in [0.4, 0.5) is 0 Å². The van der Waals surface area contributed by atoms with Gasteiger partial charge in [-0.25, -0.2) is 0 Å². The first-order valence-corrected chi connectivity index (χ1v) is 7.18. The Labute approximate surface area is 120 Å². The summed E-state index contributed by atoms with van der Waals surface area (Å²) in [6.07, 6.45) is 1.22. The second kappa shape index (κ2) is 4.70. The quantitative estimate of drug-likeness (QED) is 0.852. The van der Waals surface area contributed by atoms with Gasteiger partial charge >= 0.3 is 0 Å². The number of hydrogen-bond acceptors (Lipinski definition) is 1. The predicted octanol–water partition coefficient (Wildman–Crippen LogP) is 4.66. The van der Waals surface area contributed by atoms with Crippen LogP contribution < -0.4 is 5.32 Å². The third-order valence-electron chi connectivity index (χ3n) is 3.87. The van der Waals surface area contributed by atoms with Crippen molar-refractivity contribution in [3.63, 3.8) is 0 Å². The normalized spacial score (nSPS) is 27.3. The second-order valence-electron chi connectivity index (χ2n) is 6.58. The number of benzene rings is 1. The highest BCUT2D eigenvalue weighted by molar-refractivity contribution is 6.42. The van der Waals surface area contributed by atoms with Crippen molar-refractivity contribution < 1.29 is 0 Å². The molecule has 3 heteroatoms. The third-order valence-corrected chi connectivity index (χ3v) is 4.61. The zero-order valence-electron chi connectivity index (χ0n) is 11.5. The Morgan fingerprint density at radius 3 is 2.50 bits per heavy atom. The smallest absolute Gasteiger partial charge is 0.0595 e. The predicted molar refractivity (Wildman–Crippen MR) is 79.7 cm³/mol. The average Bonchev–Trinajstić information content (AvgIpc) is 2.91. The number of halogens is 2. The van der Waals surface area contributed by atoms with Crippen LogP contribution in [0.1, 0.15) is 39.7 Å². The average molecular weight is 286 g/mol. The van der Waals surface area contributed by atoms with Crippen molar-refractivity contribution in [3.05, 3.63) is 33.8 Å². The van der Waals surface area contributed by atoms with Crippen LogP contribution in [0, 0.1) is 5.92 Å². The van der Waals surface area contributed by atoms with Crippen LogP contribution >= 0.6 is 23.2 Å². The van der Waals surface area contributed by atoms with Gasteiger partial charge < -0.3 is 5.32 Å². The second-order valence-corrected chi connectivity index (χ2v) is 7.39. The summed E-state index contributed by atoms with van der Waals surface area (Å²) in [5.41, 5.74) is 1.74. The maximum absolute atomic E-state index is 6.10. The van der Waals surface area contributed by atoms with Crippen LogP contribution in [0.5, 0.6) is 0 Å². The van der Waals surface area contributed by atoms with Crippen molar-refractivity contribution in [1.29, 1.82) is 0 Å². The Kier molecular flexibility index (Phi) is 3.70. The van der Waals surface area contributed by atoms with E-state index in [1.165, 1.54) is 12.0 Å². The van der Waals surface area contributed by atoms with E-state index in [0.717, 1.165) is 6.54 Å². The molecule has 0 saturated heterocycles. The van der Waals surface area contributed by atoms with Gasteiger partial charge in [-0.05, 0) is 62.8 Å². The van der Waals surface area contributed by atoms with Crippen molar-refractivity contribution in [2.45, 2.75) is 45.1 Å². The van der Waals surface area contributed by atoms with E-state index in [9.17, 15) is 0 Å². The largest absolute Gasteiger partial charge is 0.312 e. The number of rotatable bonds is 3. The molecule has 0 aliphatic heterocycles. The van der Waals surface area contributed by atoms with E-state index in [0.29, 0.717) is 16.0 Å². The molecular weight excluding hydrogens is 265 g/mol. The van der Waals surface area contributed by atoms with Crippen molar-refractivity contribution in [1.82, 2.24) is 5.32 Å². The molecule has 100 valence electrons. The van der Waals surface area contributed by atoms with E-state index in [4.69, 9.17) is 23.2 Å². The summed E-state index contributed by atoms with van der Waals surface area (Å²) < 4.78 is 0. The zero-order chi connectivity index (χ0) is 13.6. The van der Waals surface area contributed by atoms with Crippen LogP contribution in [0.2, 0.25) is 10.0 Å². The van der Waals surface area contributed by atoms with E-state index in [1.54, 1.807) is 0 Å². The van der Waals surface area contributed by atoms with E-state index in [-0.39, 0.29) is 11.0 Å². The van der Waals surface area contributed by atoms with Crippen LogP contribution in [0.25, 0.3) is 0 Å². The van der Waals surface area contributed by atoms with Crippen LogP contribution in [0.3, 0.4) is 0 Å². The van der Waals surface area contributed by atoms with Crippen LogP contribution in [-0.2, 0) is 5.41 Å². The lowest BCUT2D eigenvalue weighted by molar-refractivity contribution is 0.406. The van der Waals surface area contributed by atoms with Crippen molar-refractivity contribution in [3.8, 4) is 0 Å². The van der Waals surface area contributed by atoms with Gasteiger partial charge in [0.1, 0.15) is 0 Å². The summed E-state index contributed by atoms with van der Waals surface area (Å²) in [6.45, 7) is 9.96.